The van der Waals surface area contributed by atoms with Gasteiger partial charge in [0.25, 0.3) is 5.91 Å². The zero-order chi connectivity index (χ0) is 20.3. The van der Waals surface area contributed by atoms with E-state index in [4.69, 9.17) is 16.9 Å². The van der Waals surface area contributed by atoms with Gasteiger partial charge in [-0.2, -0.15) is 14.7 Å². The third-order valence-corrected chi connectivity index (χ3v) is 7.00. The Hall–Kier alpha value is -2.41. The molecule has 1 fully saturated rings. The van der Waals surface area contributed by atoms with Crippen molar-refractivity contribution >= 4 is 27.5 Å². The molecule has 0 radical (unpaired) electrons. The molecule has 28 heavy (non-hydrogen) atoms. The molecule has 1 saturated heterocycles. The van der Waals surface area contributed by atoms with E-state index in [-0.39, 0.29) is 27.3 Å². The Morgan fingerprint density at radius 1 is 1.39 bits per heavy atom. The Morgan fingerprint density at radius 3 is 2.68 bits per heavy atom. The summed E-state index contributed by atoms with van der Waals surface area (Å²) in [7, 11) is -1.92. The van der Waals surface area contributed by atoms with Crippen LogP contribution in [0.15, 0.2) is 35.5 Å². The molecule has 0 atom stereocenters. The summed E-state index contributed by atoms with van der Waals surface area (Å²) in [6, 6.07) is 6.05. The number of sulfonamides is 1. The van der Waals surface area contributed by atoms with Crippen molar-refractivity contribution in [2.75, 3.05) is 19.6 Å². The maximum absolute atomic E-state index is 12.8. The van der Waals surface area contributed by atoms with Gasteiger partial charge < -0.3 is 5.32 Å². The molecule has 3 rings (SSSR count). The van der Waals surface area contributed by atoms with Crippen LogP contribution in [0.3, 0.4) is 0 Å². The van der Waals surface area contributed by atoms with Crippen LogP contribution in [-0.2, 0) is 17.1 Å². The summed E-state index contributed by atoms with van der Waals surface area (Å²) in [4.78, 5) is 12.2. The van der Waals surface area contributed by atoms with Crippen molar-refractivity contribution in [2.24, 2.45) is 13.0 Å². The average Bonchev–Trinajstić information content (AvgIpc) is 3.13. The maximum Gasteiger partial charge on any atom is 0.254 e. The third-order valence-electron chi connectivity index (χ3n) is 4.79. The van der Waals surface area contributed by atoms with Crippen molar-refractivity contribution in [2.45, 2.75) is 17.7 Å². The van der Waals surface area contributed by atoms with Gasteiger partial charge in [-0.05, 0) is 37.0 Å². The smallest absolute Gasteiger partial charge is 0.254 e. The highest BCUT2D eigenvalue weighted by molar-refractivity contribution is 7.89. The number of hydrogen-bond donors (Lipinski definition) is 1. The molecule has 0 saturated carbocycles. The number of piperidine rings is 1. The molecule has 2 heterocycles. The van der Waals surface area contributed by atoms with E-state index in [2.05, 4.69) is 10.4 Å². The molecule has 1 aliphatic heterocycles. The first-order valence-electron chi connectivity index (χ1n) is 8.78. The number of aryl methyl sites for hydroxylation is 1. The quantitative estimate of drug-likeness (QED) is 0.791. The van der Waals surface area contributed by atoms with Gasteiger partial charge in [0.2, 0.25) is 10.0 Å². The fourth-order valence-corrected chi connectivity index (χ4v) is 4.91. The van der Waals surface area contributed by atoms with Crippen LogP contribution in [0.4, 0.5) is 0 Å². The molecule has 0 spiro atoms. The number of rotatable bonds is 5. The van der Waals surface area contributed by atoms with Crippen LogP contribution in [-0.4, -0.2) is 48.0 Å². The van der Waals surface area contributed by atoms with E-state index < -0.39 is 10.0 Å². The highest BCUT2D eigenvalue weighted by Crippen LogP contribution is 2.26. The number of nitriles is 1. The molecule has 1 aromatic heterocycles. The number of benzene rings is 1. The molecular weight excluding hydrogens is 402 g/mol. The van der Waals surface area contributed by atoms with Crippen LogP contribution in [0.1, 0.15) is 28.8 Å². The lowest BCUT2D eigenvalue weighted by atomic mass is 9.98. The molecule has 8 nitrogen and oxygen atoms in total. The first kappa shape index (κ1) is 20.3. The largest absolute Gasteiger partial charge is 0.352 e. The van der Waals surface area contributed by atoms with Gasteiger partial charge in [-0.1, -0.05) is 11.6 Å². The van der Waals surface area contributed by atoms with E-state index in [1.807, 2.05) is 6.07 Å². The molecular formula is C18H20ClN5O3S. The lowest BCUT2D eigenvalue weighted by molar-refractivity contribution is 0.0941. The SMILES string of the molecule is Cn1cc(C(=O)NCC2CCN(S(=O)(=O)c3ccc(C#N)c(Cl)c3)CC2)cn1. The average molecular weight is 422 g/mol. The minimum atomic E-state index is -3.66. The maximum atomic E-state index is 12.8. The normalized spacial score (nSPS) is 15.9. The molecule has 0 bridgehead atoms. The second-order valence-electron chi connectivity index (χ2n) is 6.71. The number of halogens is 1. The fraction of sp³-hybridized carbons (Fsp3) is 0.389. The molecule has 1 aliphatic rings. The fourth-order valence-electron chi connectivity index (χ4n) is 3.13. The van der Waals surface area contributed by atoms with Crippen molar-refractivity contribution in [1.82, 2.24) is 19.4 Å². The second kappa shape index (κ2) is 8.31. The van der Waals surface area contributed by atoms with E-state index in [1.165, 1.54) is 28.7 Å². The molecule has 148 valence electrons. The van der Waals surface area contributed by atoms with Gasteiger partial charge in [0.1, 0.15) is 6.07 Å². The second-order valence-corrected chi connectivity index (χ2v) is 9.06. The summed E-state index contributed by atoms with van der Waals surface area (Å²) in [5.74, 6) is 0.0204. The minimum absolute atomic E-state index is 0.0832. The topological polar surface area (TPSA) is 108 Å². The summed E-state index contributed by atoms with van der Waals surface area (Å²) in [5.41, 5.74) is 0.740. The third kappa shape index (κ3) is 4.35. The van der Waals surface area contributed by atoms with E-state index in [1.54, 1.807) is 17.9 Å². The van der Waals surface area contributed by atoms with Gasteiger partial charge in [-0.15, -0.1) is 0 Å². The van der Waals surface area contributed by atoms with E-state index in [0.717, 1.165) is 0 Å². The summed E-state index contributed by atoms with van der Waals surface area (Å²) in [6.07, 6.45) is 4.45. The predicted octanol–water partition coefficient (Wildman–Crippen LogP) is 1.78. The standard InChI is InChI=1S/C18H20ClN5O3S/c1-23-12-15(11-22-23)18(25)21-10-13-4-6-24(7-5-13)28(26,27)16-3-2-14(9-20)17(19)8-16/h2-3,8,11-13H,4-7,10H2,1H3,(H,21,25). The van der Waals surface area contributed by atoms with Crippen LogP contribution >= 0.6 is 11.6 Å². The Morgan fingerprint density at radius 2 is 2.11 bits per heavy atom. The lowest BCUT2D eigenvalue weighted by Crippen LogP contribution is -2.41. The number of aromatic nitrogens is 2. The first-order valence-corrected chi connectivity index (χ1v) is 10.6. The highest BCUT2D eigenvalue weighted by atomic mass is 35.5. The van der Waals surface area contributed by atoms with Crippen LogP contribution in [0.2, 0.25) is 5.02 Å². The monoisotopic (exact) mass is 421 g/mol. The van der Waals surface area contributed by atoms with Crippen molar-refractivity contribution in [1.29, 1.82) is 5.26 Å². The predicted molar refractivity (Wildman–Crippen MR) is 103 cm³/mol. The Balaban J connectivity index is 1.56. The number of carbonyl (C=O) groups excluding carboxylic acids is 1. The summed E-state index contributed by atoms with van der Waals surface area (Å²) in [6.45, 7) is 1.23. The van der Waals surface area contributed by atoms with Crippen molar-refractivity contribution in [3.63, 3.8) is 0 Å². The van der Waals surface area contributed by atoms with Crippen molar-refractivity contribution in [3.05, 3.63) is 46.7 Å². The number of amides is 1. The Bertz CT molecular complexity index is 1020. The van der Waals surface area contributed by atoms with Crippen LogP contribution in [0, 0.1) is 17.2 Å². The summed E-state index contributed by atoms with van der Waals surface area (Å²) >= 11 is 5.97. The zero-order valence-electron chi connectivity index (χ0n) is 15.3. The molecule has 2 aromatic rings. The molecule has 1 N–H and O–H groups in total. The van der Waals surface area contributed by atoms with Crippen LogP contribution in [0.25, 0.3) is 0 Å². The molecule has 1 aromatic carbocycles. The zero-order valence-corrected chi connectivity index (χ0v) is 16.9. The van der Waals surface area contributed by atoms with E-state index in [0.29, 0.717) is 38.0 Å². The molecule has 0 unspecified atom stereocenters. The molecule has 10 heteroatoms. The van der Waals surface area contributed by atoms with Gasteiger partial charge in [-0.3, -0.25) is 9.48 Å². The first-order chi connectivity index (χ1) is 13.3. The van der Waals surface area contributed by atoms with Gasteiger partial charge >= 0.3 is 0 Å². The Kier molecular flexibility index (Phi) is 6.03. The highest BCUT2D eigenvalue weighted by Gasteiger charge is 2.30. The van der Waals surface area contributed by atoms with Crippen LogP contribution < -0.4 is 5.32 Å². The van der Waals surface area contributed by atoms with Crippen molar-refractivity contribution < 1.29 is 13.2 Å². The summed E-state index contributed by atoms with van der Waals surface area (Å²) < 4.78 is 28.6. The van der Waals surface area contributed by atoms with Gasteiger partial charge in [0.15, 0.2) is 0 Å². The Labute approximate surface area is 168 Å². The van der Waals surface area contributed by atoms with E-state index in [9.17, 15) is 13.2 Å². The lowest BCUT2D eigenvalue weighted by Gasteiger charge is -2.31. The number of hydrogen-bond acceptors (Lipinski definition) is 5. The molecule has 1 amide bonds. The van der Waals surface area contributed by atoms with Crippen LogP contribution in [0.5, 0.6) is 0 Å². The van der Waals surface area contributed by atoms with Gasteiger partial charge in [0.05, 0.1) is 27.2 Å². The number of nitrogens with zero attached hydrogens (tertiary/aromatic N) is 4. The molecule has 0 aliphatic carbocycles. The number of nitrogens with one attached hydrogen (secondary N) is 1. The van der Waals surface area contributed by atoms with Gasteiger partial charge in [0, 0.05) is 32.9 Å². The minimum Gasteiger partial charge on any atom is -0.352 e. The van der Waals surface area contributed by atoms with Crippen molar-refractivity contribution in [3.8, 4) is 6.07 Å². The summed E-state index contributed by atoms with van der Waals surface area (Å²) in [5, 5.41) is 15.9. The number of carbonyl (C=O) groups is 1. The van der Waals surface area contributed by atoms with E-state index >= 15 is 0 Å². The van der Waals surface area contributed by atoms with Gasteiger partial charge in [-0.25, -0.2) is 8.42 Å².